The summed E-state index contributed by atoms with van der Waals surface area (Å²) in [5.41, 5.74) is 0.412. The average Bonchev–Trinajstić information content (AvgIpc) is 3.44. The predicted molar refractivity (Wildman–Crippen MR) is 171 cm³/mol. The van der Waals surface area contributed by atoms with Crippen LogP contribution >= 0.6 is 11.3 Å². The number of anilines is 1. The number of rotatable bonds is 6. The summed E-state index contributed by atoms with van der Waals surface area (Å²) in [6.07, 6.45) is -1.31. The second-order valence-electron chi connectivity index (χ2n) is 13.1. The lowest BCUT2D eigenvalue weighted by Crippen LogP contribution is -2.52. The van der Waals surface area contributed by atoms with Crippen LogP contribution in [0.5, 0.6) is 0 Å². The van der Waals surface area contributed by atoms with E-state index < -0.39 is 47.2 Å². The average molecular weight is 648 g/mol. The molecular weight excluding hydrogens is 610 g/mol. The smallest absolute Gasteiger partial charge is 0.412 e. The third-order valence-corrected chi connectivity index (χ3v) is 8.35. The summed E-state index contributed by atoms with van der Waals surface area (Å²) in [5.74, 6) is -1.58. The number of hydrogen-bond acceptors (Lipinski definition) is 9. The van der Waals surface area contributed by atoms with Crippen molar-refractivity contribution in [3.05, 3.63) is 87.3 Å². The number of hydrogen-bond donors (Lipinski definition) is 1. The predicted octanol–water partition coefficient (Wildman–Crippen LogP) is 6.41. The zero-order valence-electron chi connectivity index (χ0n) is 26.7. The minimum absolute atomic E-state index is 0.0132. The maximum atomic E-state index is 13.7. The van der Waals surface area contributed by atoms with Crippen LogP contribution in [-0.4, -0.2) is 63.6 Å². The number of thiophene rings is 1. The number of benzene rings is 2. The third kappa shape index (κ3) is 7.23. The zero-order valence-corrected chi connectivity index (χ0v) is 27.5. The van der Waals surface area contributed by atoms with Gasteiger partial charge in [0, 0.05) is 4.88 Å². The number of amides is 4. The lowest BCUT2D eigenvalue weighted by Gasteiger charge is -2.38. The van der Waals surface area contributed by atoms with Crippen molar-refractivity contribution in [2.75, 3.05) is 11.9 Å². The summed E-state index contributed by atoms with van der Waals surface area (Å²) in [7, 11) is 0. The first-order valence-electron chi connectivity index (χ1n) is 14.9. The standard InChI is InChI=1S/C34H37N3O8S/c1-33(2,3)44-30(40)26-24-16-21(17-37-28(38)22-14-10-11-15-23(22)29(37)39)36(32(42)45-34(4,5)6)18-25(24)46-27(26)35-31(41)43-19-20-12-8-7-9-13-20/h7-15,21H,16-19H2,1-6H3,(H,35,41). The summed E-state index contributed by atoms with van der Waals surface area (Å²) in [6, 6.07) is 15.0. The number of ether oxygens (including phenoxy) is 3. The van der Waals surface area contributed by atoms with Gasteiger partial charge in [-0.25, -0.2) is 14.4 Å². The molecule has 12 heteroatoms. The van der Waals surface area contributed by atoms with Gasteiger partial charge in [-0.2, -0.15) is 0 Å². The normalized spacial score (nSPS) is 16.1. The Balaban J connectivity index is 1.49. The van der Waals surface area contributed by atoms with Crippen LogP contribution in [0.15, 0.2) is 54.6 Å². The second kappa shape index (κ2) is 12.6. The fourth-order valence-electron chi connectivity index (χ4n) is 5.28. The number of esters is 1. The Labute approximate surface area is 271 Å². The highest BCUT2D eigenvalue weighted by Crippen LogP contribution is 2.41. The van der Waals surface area contributed by atoms with Crippen LogP contribution in [0.3, 0.4) is 0 Å². The molecule has 0 spiro atoms. The van der Waals surface area contributed by atoms with E-state index in [-0.39, 0.29) is 36.7 Å². The van der Waals surface area contributed by atoms with Crippen LogP contribution in [0.2, 0.25) is 0 Å². The fourth-order valence-corrected chi connectivity index (χ4v) is 6.49. The Morgan fingerprint density at radius 3 is 2.04 bits per heavy atom. The summed E-state index contributed by atoms with van der Waals surface area (Å²) in [5, 5.41) is 2.92. The van der Waals surface area contributed by atoms with Crippen LogP contribution in [0.25, 0.3) is 0 Å². The molecule has 0 saturated carbocycles. The minimum atomic E-state index is -0.840. The van der Waals surface area contributed by atoms with Gasteiger partial charge in [-0.3, -0.25) is 24.7 Å². The molecule has 4 amide bonds. The van der Waals surface area contributed by atoms with Gasteiger partial charge in [0.05, 0.1) is 35.8 Å². The van der Waals surface area contributed by atoms with Gasteiger partial charge < -0.3 is 14.2 Å². The molecule has 2 aliphatic heterocycles. The Hall–Kier alpha value is -4.71. The van der Waals surface area contributed by atoms with E-state index >= 15 is 0 Å². The summed E-state index contributed by atoms with van der Waals surface area (Å²) < 4.78 is 16.9. The molecule has 242 valence electrons. The highest BCUT2D eigenvalue weighted by molar-refractivity contribution is 7.17. The number of carbonyl (C=O) groups is 5. The Morgan fingerprint density at radius 2 is 1.46 bits per heavy atom. The van der Waals surface area contributed by atoms with Gasteiger partial charge in [-0.1, -0.05) is 42.5 Å². The van der Waals surface area contributed by atoms with E-state index in [0.29, 0.717) is 21.6 Å². The molecule has 5 rings (SSSR count). The lowest BCUT2D eigenvalue weighted by molar-refractivity contribution is 0.00602. The minimum Gasteiger partial charge on any atom is -0.456 e. The highest BCUT2D eigenvalue weighted by atomic mass is 32.1. The molecule has 2 aromatic carbocycles. The van der Waals surface area contributed by atoms with Gasteiger partial charge >= 0.3 is 18.2 Å². The third-order valence-electron chi connectivity index (χ3n) is 7.22. The van der Waals surface area contributed by atoms with Gasteiger partial charge in [0.15, 0.2) is 0 Å². The lowest BCUT2D eigenvalue weighted by atomic mass is 9.95. The van der Waals surface area contributed by atoms with Crippen LogP contribution in [-0.2, 0) is 33.8 Å². The quantitative estimate of drug-likeness (QED) is 0.185. The topological polar surface area (TPSA) is 132 Å². The molecular formula is C34H37N3O8S. The van der Waals surface area contributed by atoms with Crippen molar-refractivity contribution < 1.29 is 38.2 Å². The first-order valence-corrected chi connectivity index (χ1v) is 15.7. The van der Waals surface area contributed by atoms with Crippen LogP contribution in [0.4, 0.5) is 14.6 Å². The fraction of sp³-hybridized carbons (Fsp3) is 0.382. The second-order valence-corrected chi connectivity index (χ2v) is 14.2. The van der Waals surface area contributed by atoms with Crippen molar-refractivity contribution in [3.63, 3.8) is 0 Å². The van der Waals surface area contributed by atoms with E-state index in [1.807, 2.05) is 30.3 Å². The number of fused-ring (bicyclic) bond motifs is 2. The monoisotopic (exact) mass is 647 g/mol. The molecule has 1 atom stereocenters. The van der Waals surface area contributed by atoms with E-state index in [0.717, 1.165) is 21.8 Å². The van der Waals surface area contributed by atoms with Crippen molar-refractivity contribution in [2.24, 2.45) is 0 Å². The van der Waals surface area contributed by atoms with E-state index in [2.05, 4.69) is 5.32 Å². The van der Waals surface area contributed by atoms with Crippen LogP contribution < -0.4 is 5.32 Å². The molecule has 1 aromatic heterocycles. The molecule has 11 nitrogen and oxygen atoms in total. The maximum Gasteiger partial charge on any atom is 0.412 e. The van der Waals surface area contributed by atoms with Crippen molar-refractivity contribution in [1.82, 2.24) is 9.80 Å². The summed E-state index contributed by atoms with van der Waals surface area (Å²) >= 11 is 1.13. The van der Waals surface area contributed by atoms with Gasteiger partial charge in [0.1, 0.15) is 22.8 Å². The molecule has 3 aromatic rings. The zero-order chi connectivity index (χ0) is 33.4. The maximum absolute atomic E-state index is 13.7. The van der Waals surface area contributed by atoms with Crippen molar-refractivity contribution in [3.8, 4) is 0 Å². The van der Waals surface area contributed by atoms with Crippen molar-refractivity contribution >= 4 is 46.3 Å². The summed E-state index contributed by atoms with van der Waals surface area (Å²) in [4.78, 5) is 69.9. The molecule has 1 unspecified atom stereocenters. The first-order chi connectivity index (χ1) is 21.6. The highest BCUT2D eigenvalue weighted by Gasteiger charge is 2.43. The molecule has 0 bridgehead atoms. The van der Waals surface area contributed by atoms with Gasteiger partial charge in [0.2, 0.25) is 0 Å². The van der Waals surface area contributed by atoms with Crippen LogP contribution in [0, 0.1) is 0 Å². The number of nitrogens with one attached hydrogen (secondary N) is 1. The molecule has 0 radical (unpaired) electrons. The van der Waals surface area contributed by atoms with E-state index in [4.69, 9.17) is 14.2 Å². The Morgan fingerprint density at radius 1 is 0.870 bits per heavy atom. The molecule has 0 saturated heterocycles. The van der Waals surface area contributed by atoms with Crippen molar-refractivity contribution in [2.45, 2.75) is 78.4 Å². The molecule has 3 heterocycles. The number of carbonyl (C=O) groups excluding carboxylic acids is 5. The summed E-state index contributed by atoms with van der Waals surface area (Å²) in [6.45, 7) is 10.3. The van der Waals surface area contributed by atoms with E-state index in [9.17, 15) is 24.0 Å². The molecule has 2 aliphatic rings. The Kier molecular flexibility index (Phi) is 8.94. The molecule has 0 aliphatic carbocycles. The number of imide groups is 1. The van der Waals surface area contributed by atoms with Gasteiger partial charge in [0.25, 0.3) is 11.8 Å². The SMILES string of the molecule is CC(C)(C)OC(=O)c1c(NC(=O)OCc2ccccc2)sc2c1CC(CN1C(=O)c3ccccc3C1=O)N(C(=O)OC(C)(C)C)C2. The van der Waals surface area contributed by atoms with Crippen LogP contribution in [0.1, 0.15) is 88.6 Å². The Bertz CT molecular complexity index is 1650. The molecule has 46 heavy (non-hydrogen) atoms. The number of nitrogens with zero attached hydrogens (tertiary/aromatic N) is 2. The van der Waals surface area contributed by atoms with Crippen molar-refractivity contribution in [1.29, 1.82) is 0 Å². The largest absolute Gasteiger partial charge is 0.456 e. The van der Waals surface area contributed by atoms with Gasteiger partial charge in [-0.05, 0) is 71.2 Å². The first kappa shape index (κ1) is 32.7. The van der Waals surface area contributed by atoms with Gasteiger partial charge in [-0.15, -0.1) is 11.3 Å². The van der Waals surface area contributed by atoms with E-state index in [1.165, 1.54) is 4.90 Å². The molecule has 1 N–H and O–H groups in total. The van der Waals surface area contributed by atoms with E-state index in [1.54, 1.807) is 65.8 Å². The molecule has 0 fully saturated rings.